The summed E-state index contributed by atoms with van der Waals surface area (Å²) in [6.07, 6.45) is -0.127. The first-order valence-electron chi connectivity index (χ1n) is 6.59. The van der Waals surface area contributed by atoms with Gasteiger partial charge in [0.15, 0.2) is 0 Å². The van der Waals surface area contributed by atoms with Crippen molar-refractivity contribution in [3.05, 3.63) is 34.9 Å². The number of nitrogens with zero attached hydrogens (tertiary/aromatic N) is 1. The van der Waals surface area contributed by atoms with Crippen LogP contribution in [0.1, 0.15) is 18.5 Å². The monoisotopic (exact) mass is 284 g/mol. The highest BCUT2D eigenvalue weighted by Gasteiger charge is 2.31. The summed E-state index contributed by atoms with van der Waals surface area (Å²) in [7, 11) is 0. The number of rotatable bonds is 4. The van der Waals surface area contributed by atoms with Gasteiger partial charge in [0.1, 0.15) is 0 Å². The van der Waals surface area contributed by atoms with Gasteiger partial charge in [0, 0.05) is 30.2 Å². The molecule has 1 fully saturated rings. The van der Waals surface area contributed by atoms with Crippen molar-refractivity contribution in [1.82, 2.24) is 4.90 Å². The van der Waals surface area contributed by atoms with Crippen molar-refractivity contribution in [2.75, 3.05) is 26.3 Å². The molecule has 0 aromatic heterocycles. The van der Waals surface area contributed by atoms with Crippen molar-refractivity contribution in [1.29, 1.82) is 0 Å². The molecule has 19 heavy (non-hydrogen) atoms. The molecule has 106 valence electrons. The Kier molecular flexibility index (Phi) is 5.19. The maximum absolute atomic E-state index is 9.26. The van der Waals surface area contributed by atoms with Crippen LogP contribution in [0, 0.1) is 0 Å². The normalized spacial score (nSPS) is 26.3. The maximum atomic E-state index is 9.26. The molecule has 4 nitrogen and oxygen atoms in total. The molecule has 3 N–H and O–H groups in total. The molecule has 3 unspecified atom stereocenters. The van der Waals surface area contributed by atoms with E-state index in [1.165, 1.54) is 0 Å². The van der Waals surface area contributed by atoms with Gasteiger partial charge >= 0.3 is 0 Å². The number of morpholine rings is 1. The second kappa shape index (κ2) is 6.68. The molecule has 0 radical (unpaired) electrons. The van der Waals surface area contributed by atoms with Crippen molar-refractivity contribution < 1.29 is 9.84 Å². The molecule has 2 rings (SSSR count). The molecule has 0 aliphatic carbocycles. The number of nitrogens with two attached hydrogens (primary N) is 1. The first-order chi connectivity index (χ1) is 9.15. The fourth-order valence-electron chi connectivity index (χ4n) is 2.53. The Labute approximate surface area is 119 Å². The molecule has 1 aliphatic heterocycles. The Balaban J connectivity index is 2.17. The summed E-state index contributed by atoms with van der Waals surface area (Å²) in [5.74, 6) is 0. The predicted molar refractivity (Wildman–Crippen MR) is 76.2 cm³/mol. The van der Waals surface area contributed by atoms with Crippen LogP contribution in [0.4, 0.5) is 0 Å². The molecule has 5 heteroatoms. The van der Waals surface area contributed by atoms with Gasteiger partial charge in [-0.25, -0.2) is 0 Å². The second-order valence-corrected chi connectivity index (χ2v) is 5.42. The van der Waals surface area contributed by atoms with Gasteiger partial charge in [-0.15, -0.1) is 0 Å². The van der Waals surface area contributed by atoms with E-state index in [9.17, 15) is 5.11 Å². The second-order valence-electron chi connectivity index (χ2n) is 4.99. The van der Waals surface area contributed by atoms with Crippen molar-refractivity contribution in [2.24, 2.45) is 5.73 Å². The number of aliphatic hydroxyl groups excluding tert-OH is 1. The number of halogens is 1. The summed E-state index contributed by atoms with van der Waals surface area (Å²) >= 11 is 5.92. The SMILES string of the molecule is CC1COC(CO)CN1C(CN)c1ccc(Cl)cc1. The lowest BCUT2D eigenvalue weighted by Gasteiger charge is -2.42. The van der Waals surface area contributed by atoms with Gasteiger partial charge in [0.05, 0.1) is 19.3 Å². The van der Waals surface area contributed by atoms with Gasteiger partial charge in [-0.2, -0.15) is 0 Å². The fourth-order valence-corrected chi connectivity index (χ4v) is 2.66. The Hall–Kier alpha value is -0.650. The predicted octanol–water partition coefficient (Wildman–Crippen LogP) is 1.42. The molecule has 1 aromatic carbocycles. The molecule has 0 amide bonds. The van der Waals surface area contributed by atoms with Crippen molar-refractivity contribution in [3.8, 4) is 0 Å². The molecular formula is C14H21ClN2O2. The molecule has 1 saturated heterocycles. The van der Waals surface area contributed by atoms with Gasteiger partial charge in [-0.05, 0) is 24.6 Å². The molecule has 0 saturated carbocycles. The first kappa shape index (κ1) is 14.8. The summed E-state index contributed by atoms with van der Waals surface area (Å²) in [4.78, 5) is 2.30. The average Bonchev–Trinajstić information content (AvgIpc) is 2.43. The van der Waals surface area contributed by atoms with Gasteiger partial charge in [0.2, 0.25) is 0 Å². The highest BCUT2D eigenvalue weighted by molar-refractivity contribution is 6.30. The van der Waals surface area contributed by atoms with E-state index in [4.69, 9.17) is 22.1 Å². The number of ether oxygens (including phenoxy) is 1. The molecular weight excluding hydrogens is 264 g/mol. The molecule has 1 aromatic rings. The summed E-state index contributed by atoms with van der Waals surface area (Å²) in [6.45, 7) is 4.01. The zero-order valence-corrected chi connectivity index (χ0v) is 11.9. The van der Waals surface area contributed by atoms with Crippen molar-refractivity contribution in [2.45, 2.75) is 25.1 Å². The lowest BCUT2D eigenvalue weighted by molar-refractivity contribution is -0.0907. The minimum atomic E-state index is -0.127. The van der Waals surface area contributed by atoms with E-state index in [1.54, 1.807) is 0 Å². The van der Waals surface area contributed by atoms with Gasteiger partial charge in [-0.3, -0.25) is 4.90 Å². The zero-order chi connectivity index (χ0) is 13.8. The van der Waals surface area contributed by atoms with E-state index >= 15 is 0 Å². The van der Waals surface area contributed by atoms with Crippen LogP contribution < -0.4 is 5.73 Å². The molecule has 1 aliphatic rings. The molecule has 1 heterocycles. The van der Waals surface area contributed by atoms with E-state index in [1.807, 2.05) is 24.3 Å². The van der Waals surface area contributed by atoms with E-state index < -0.39 is 0 Å². The zero-order valence-electron chi connectivity index (χ0n) is 11.1. The van der Waals surface area contributed by atoms with Crippen LogP contribution in [0.15, 0.2) is 24.3 Å². The van der Waals surface area contributed by atoms with Crippen molar-refractivity contribution in [3.63, 3.8) is 0 Å². The van der Waals surface area contributed by atoms with Crippen LogP contribution in [-0.2, 0) is 4.74 Å². The Bertz CT molecular complexity index is 399. The summed E-state index contributed by atoms with van der Waals surface area (Å²) in [5, 5.41) is 9.98. The largest absolute Gasteiger partial charge is 0.394 e. The third kappa shape index (κ3) is 3.46. The van der Waals surface area contributed by atoms with Crippen LogP contribution in [0.3, 0.4) is 0 Å². The lowest BCUT2D eigenvalue weighted by atomic mass is 10.0. The molecule has 0 bridgehead atoms. The first-order valence-corrected chi connectivity index (χ1v) is 6.97. The smallest absolute Gasteiger partial charge is 0.0933 e. The van der Waals surface area contributed by atoms with Crippen LogP contribution in [-0.4, -0.2) is 48.5 Å². The fraction of sp³-hybridized carbons (Fsp3) is 0.571. The average molecular weight is 285 g/mol. The summed E-state index contributed by atoms with van der Waals surface area (Å²) < 4.78 is 5.57. The topological polar surface area (TPSA) is 58.7 Å². The van der Waals surface area contributed by atoms with E-state index in [0.717, 1.165) is 10.6 Å². The minimum Gasteiger partial charge on any atom is -0.394 e. The molecule has 3 atom stereocenters. The van der Waals surface area contributed by atoms with E-state index in [2.05, 4.69) is 11.8 Å². The van der Waals surface area contributed by atoms with Gasteiger partial charge in [0.25, 0.3) is 0 Å². The summed E-state index contributed by atoms with van der Waals surface area (Å²) in [5.41, 5.74) is 7.10. The Morgan fingerprint density at radius 2 is 2.16 bits per heavy atom. The van der Waals surface area contributed by atoms with Gasteiger partial charge in [-0.1, -0.05) is 23.7 Å². The van der Waals surface area contributed by atoms with Crippen LogP contribution >= 0.6 is 11.6 Å². The standard InChI is InChI=1S/C14H21ClN2O2/c1-10-9-19-13(8-18)7-17(10)14(6-16)11-2-4-12(15)5-3-11/h2-5,10,13-14,18H,6-9,16H2,1H3. The minimum absolute atomic E-state index is 0.0428. The highest BCUT2D eigenvalue weighted by atomic mass is 35.5. The third-order valence-electron chi connectivity index (χ3n) is 3.64. The maximum Gasteiger partial charge on any atom is 0.0933 e. The number of hydrogen-bond acceptors (Lipinski definition) is 4. The van der Waals surface area contributed by atoms with Crippen LogP contribution in [0.25, 0.3) is 0 Å². The Morgan fingerprint density at radius 1 is 1.47 bits per heavy atom. The Morgan fingerprint density at radius 3 is 2.74 bits per heavy atom. The van der Waals surface area contributed by atoms with Crippen molar-refractivity contribution >= 4 is 11.6 Å². The number of hydrogen-bond donors (Lipinski definition) is 2. The number of benzene rings is 1. The number of aliphatic hydroxyl groups is 1. The summed E-state index contributed by atoms with van der Waals surface area (Å²) in [6, 6.07) is 8.20. The highest BCUT2D eigenvalue weighted by Crippen LogP contribution is 2.26. The van der Waals surface area contributed by atoms with E-state index in [0.29, 0.717) is 19.7 Å². The van der Waals surface area contributed by atoms with Crippen LogP contribution in [0.2, 0.25) is 5.02 Å². The van der Waals surface area contributed by atoms with Gasteiger partial charge < -0.3 is 15.6 Å². The lowest BCUT2D eigenvalue weighted by Crippen LogP contribution is -2.52. The van der Waals surface area contributed by atoms with E-state index in [-0.39, 0.29) is 24.8 Å². The van der Waals surface area contributed by atoms with Crippen LogP contribution in [0.5, 0.6) is 0 Å². The third-order valence-corrected chi connectivity index (χ3v) is 3.89. The quantitative estimate of drug-likeness (QED) is 0.878. The molecule has 0 spiro atoms.